The van der Waals surface area contributed by atoms with Crippen molar-refractivity contribution >= 4 is 57.5 Å². The topological polar surface area (TPSA) is 93.1 Å². The summed E-state index contributed by atoms with van der Waals surface area (Å²) in [5.74, 6) is -0.924. The maximum atomic E-state index is 12.3. The first kappa shape index (κ1) is 18.6. The highest BCUT2D eigenvalue weighted by Crippen LogP contribution is 2.36. The molecule has 1 saturated heterocycles. The molecule has 0 atom stereocenters. The molecular weight excluding hydrogens is 449 g/mol. The number of halogens is 1. The van der Waals surface area contributed by atoms with Crippen molar-refractivity contribution in [1.82, 2.24) is 4.90 Å². The Morgan fingerprint density at radius 3 is 2.75 bits per heavy atom. The van der Waals surface area contributed by atoms with E-state index in [-0.39, 0.29) is 23.0 Å². The monoisotopic (exact) mass is 463 g/mol. The molecule has 1 aromatic carbocycles. The Hall–Kier alpha value is -1.75. The zero-order valence-electron chi connectivity index (χ0n) is 12.9. The number of amides is 2. The Labute approximate surface area is 156 Å². The van der Waals surface area contributed by atoms with Gasteiger partial charge in [0.2, 0.25) is 0 Å². The molecule has 0 radical (unpaired) electrons. The van der Waals surface area contributed by atoms with Gasteiger partial charge < -0.3 is 14.6 Å². The van der Waals surface area contributed by atoms with Crippen LogP contribution in [-0.4, -0.2) is 47.4 Å². The van der Waals surface area contributed by atoms with Crippen LogP contribution in [0.3, 0.4) is 0 Å². The second-order valence-corrected chi connectivity index (χ2v) is 6.78. The lowest BCUT2D eigenvalue weighted by Crippen LogP contribution is -2.34. The number of hydrogen-bond acceptors (Lipinski definition) is 7. The van der Waals surface area contributed by atoms with Gasteiger partial charge in [0, 0.05) is 0 Å². The summed E-state index contributed by atoms with van der Waals surface area (Å²) in [6.07, 6.45) is 1.51. The van der Waals surface area contributed by atoms with Gasteiger partial charge in [-0.2, -0.15) is 0 Å². The molecule has 0 aliphatic carbocycles. The Bertz CT molecular complexity index is 733. The maximum Gasteiger partial charge on any atom is 0.326 e. The molecular formula is C15H14INO6S. The van der Waals surface area contributed by atoms with E-state index in [1.165, 1.54) is 13.2 Å². The first-order valence-electron chi connectivity index (χ1n) is 6.84. The van der Waals surface area contributed by atoms with E-state index in [0.717, 1.165) is 16.7 Å². The lowest BCUT2D eigenvalue weighted by atomic mass is 10.2. The Morgan fingerprint density at radius 2 is 2.12 bits per heavy atom. The molecule has 1 aromatic rings. The van der Waals surface area contributed by atoms with Gasteiger partial charge in [0.15, 0.2) is 11.5 Å². The van der Waals surface area contributed by atoms with Crippen LogP contribution in [0.5, 0.6) is 11.5 Å². The van der Waals surface area contributed by atoms with Crippen LogP contribution >= 0.6 is 34.4 Å². The van der Waals surface area contributed by atoms with Crippen LogP contribution in [0.25, 0.3) is 6.08 Å². The van der Waals surface area contributed by atoms with Crippen LogP contribution < -0.4 is 4.74 Å². The largest absolute Gasteiger partial charge is 0.504 e. The minimum atomic E-state index is -0.637. The third-order valence-electron chi connectivity index (χ3n) is 3.03. The standard InChI is InChI=1S/C15H14INO6S/c1-3-23-12(18)7-17-14(20)11(24-15(17)21)6-8-4-9(16)13(19)10(5-8)22-2/h4-6,19H,3,7H2,1-2H3/b11-6+. The molecule has 2 rings (SSSR count). The van der Waals surface area contributed by atoms with Crippen molar-refractivity contribution in [3.8, 4) is 11.5 Å². The summed E-state index contributed by atoms with van der Waals surface area (Å²) >= 11 is 2.68. The summed E-state index contributed by atoms with van der Waals surface area (Å²) < 4.78 is 10.4. The fourth-order valence-corrected chi connectivity index (χ4v) is 3.42. The zero-order chi connectivity index (χ0) is 17.9. The summed E-state index contributed by atoms with van der Waals surface area (Å²) in [6, 6.07) is 3.20. The molecule has 1 aliphatic rings. The molecule has 1 N–H and O–H groups in total. The smallest absolute Gasteiger partial charge is 0.326 e. The van der Waals surface area contributed by atoms with Crippen LogP contribution in [0.15, 0.2) is 17.0 Å². The number of methoxy groups -OCH3 is 1. The molecule has 0 saturated carbocycles. The highest BCUT2D eigenvalue weighted by atomic mass is 127. The molecule has 0 unspecified atom stereocenters. The Kier molecular flexibility index (Phi) is 6.10. The second-order valence-electron chi connectivity index (χ2n) is 4.63. The third kappa shape index (κ3) is 4.01. The summed E-state index contributed by atoms with van der Waals surface area (Å²) in [5, 5.41) is 9.30. The number of carbonyl (C=O) groups excluding carboxylic acids is 3. The number of carbonyl (C=O) groups is 3. The van der Waals surface area contributed by atoms with Gasteiger partial charge in [-0.15, -0.1) is 0 Å². The number of rotatable bonds is 5. The minimum absolute atomic E-state index is 0.00525. The lowest BCUT2D eigenvalue weighted by molar-refractivity contribution is -0.145. The van der Waals surface area contributed by atoms with E-state index in [9.17, 15) is 19.5 Å². The predicted octanol–water partition coefficient (Wildman–Crippen LogP) is 2.60. The Balaban J connectivity index is 2.26. The number of nitrogens with zero attached hydrogens (tertiary/aromatic N) is 1. The van der Waals surface area contributed by atoms with E-state index >= 15 is 0 Å². The van der Waals surface area contributed by atoms with Crippen molar-refractivity contribution in [3.63, 3.8) is 0 Å². The first-order valence-corrected chi connectivity index (χ1v) is 8.74. The predicted molar refractivity (Wildman–Crippen MR) is 96.7 cm³/mol. The molecule has 128 valence electrons. The van der Waals surface area contributed by atoms with Gasteiger partial charge in [0.1, 0.15) is 6.54 Å². The number of aromatic hydroxyl groups is 1. The van der Waals surface area contributed by atoms with E-state index in [2.05, 4.69) is 0 Å². The second kappa shape index (κ2) is 7.88. The third-order valence-corrected chi connectivity index (χ3v) is 4.76. The molecule has 0 bridgehead atoms. The van der Waals surface area contributed by atoms with E-state index in [1.54, 1.807) is 19.1 Å². The highest BCUT2D eigenvalue weighted by molar-refractivity contribution is 14.1. The van der Waals surface area contributed by atoms with E-state index < -0.39 is 23.7 Å². The van der Waals surface area contributed by atoms with Gasteiger partial charge in [0.05, 0.1) is 22.2 Å². The van der Waals surface area contributed by atoms with E-state index in [0.29, 0.717) is 9.13 Å². The van der Waals surface area contributed by atoms with Crippen molar-refractivity contribution in [1.29, 1.82) is 0 Å². The van der Waals surface area contributed by atoms with Crippen molar-refractivity contribution in [3.05, 3.63) is 26.2 Å². The highest BCUT2D eigenvalue weighted by Gasteiger charge is 2.36. The maximum absolute atomic E-state index is 12.3. The van der Waals surface area contributed by atoms with Gasteiger partial charge in [0.25, 0.3) is 11.1 Å². The van der Waals surface area contributed by atoms with Crippen LogP contribution in [0.4, 0.5) is 4.79 Å². The minimum Gasteiger partial charge on any atom is -0.504 e. The summed E-state index contributed by atoms with van der Waals surface area (Å²) in [6.45, 7) is 1.41. The summed E-state index contributed by atoms with van der Waals surface area (Å²) in [4.78, 5) is 36.7. The number of esters is 1. The van der Waals surface area contributed by atoms with Crippen molar-refractivity contribution in [2.24, 2.45) is 0 Å². The summed E-state index contributed by atoms with van der Waals surface area (Å²) in [5.41, 5.74) is 0.593. The molecule has 0 spiro atoms. The molecule has 9 heteroatoms. The van der Waals surface area contributed by atoms with Crippen LogP contribution in [-0.2, 0) is 14.3 Å². The Morgan fingerprint density at radius 1 is 1.42 bits per heavy atom. The number of imide groups is 1. The van der Waals surface area contributed by atoms with Crippen LogP contribution in [0.1, 0.15) is 12.5 Å². The number of phenolic OH excluding ortho intramolecular Hbond substituents is 1. The fraction of sp³-hybridized carbons (Fsp3) is 0.267. The quantitative estimate of drug-likeness (QED) is 0.408. The van der Waals surface area contributed by atoms with Crippen molar-refractivity contribution in [2.75, 3.05) is 20.3 Å². The normalized spacial score (nSPS) is 16.0. The number of benzene rings is 1. The van der Waals surface area contributed by atoms with Gasteiger partial charge in [-0.3, -0.25) is 19.3 Å². The van der Waals surface area contributed by atoms with Gasteiger partial charge in [-0.25, -0.2) is 0 Å². The van der Waals surface area contributed by atoms with Crippen molar-refractivity contribution in [2.45, 2.75) is 6.92 Å². The average molecular weight is 463 g/mol. The number of hydrogen-bond donors (Lipinski definition) is 1. The van der Waals surface area contributed by atoms with Crippen molar-refractivity contribution < 1.29 is 29.0 Å². The van der Waals surface area contributed by atoms with Crippen LogP contribution in [0, 0.1) is 3.57 Å². The van der Waals surface area contributed by atoms with Gasteiger partial charge >= 0.3 is 5.97 Å². The number of thioether (sulfide) groups is 1. The number of phenols is 1. The van der Waals surface area contributed by atoms with E-state index in [4.69, 9.17) is 9.47 Å². The molecule has 0 aromatic heterocycles. The van der Waals surface area contributed by atoms with Gasteiger partial charge in [-0.05, 0) is 65.0 Å². The first-order chi connectivity index (χ1) is 11.4. The molecule has 1 aliphatic heterocycles. The zero-order valence-corrected chi connectivity index (χ0v) is 15.8. The number of ether oxygens (including phenoxy) is 2. The molecule has 1 heterocycles. The lowest BCUT2D eigenvalue weighted by Gasteiger charge is -2.10. The fourth-order valence-electron chi connectivity index (χ4n) is 1.96. The molecule has 2 amide bonds. The molecule has 7 nitrogen and oxygen atoms in total. The van der Waals surface area contributed by atoms with E-state index in [1.807, 2.05) is 22.6 Å². The average Bonchev–Trinajstić information content (AvgIpc) is 2.78. The SMILES string of the molecule is CCOC(=O)CN1C(=O)S/C(=C/c2cc(I)c(O)c(OC)c2)C1=O. The summed E-state index contributed by atoms with van der Waals surface area (Å²) in [7, 11) is 1.42. The molecule has 1 fully saturated rings. The molecule has 24 heavy (non-hydrogen) atoms. The van der Waals surface area contributed by atoms with Gasteiger partial charge in [-0.1, -0.05) is 0 Å². The van der Waals surface area contributed by atoms with Crippen LogP contribution in [0.2, 0.25) is 0 Å².